The highest BCUT2D eigenvalue weighted by molar-refractivity contribution is 6.35. The topological polar surface area (TPSA) is 66.4 Å². The molecule has 0 spiro atoms. The van der Waals surface area contributed by atoms with Gasteiger partial charge >= 0.3 is 5.97 Å². The highest BCUT2D eigenvalue weighted by atomic mass is 35.5. The quantitative estimate of drug-likeness (QED) is 0.879. The molecule has 0 aliphatic heterocycles. The van der Waals surface area contributed by atoms with Gasteiger partial charge in [-0.2, -0.15) is 0 Å². The van der Waals surface area contributed by atoms with Crippen LogP contribution in [0.1, 0.15) is 19.4 Å². The fraction of sp³-hybridized carbons (Fsp3) is 0.385. The van der Waals surface area contributed by atoms with E-state index < -0.39 is 12.0 Å². The molecule has 104 valence electrons. The predicted octanol–water partition coefficient (Wildman–Crippen LogP) is 2.76. The molecule has 1 amide bonds. The first-order chi connectivity index (χ1) is 8.81. The molecule has 0 radical (unpaired) electrons. The molecule has 0 heterocycles. The SMILES string of the molecule is CC(C)C(=O)N[C@@H](Cc1ccc(Cl)cc1Cl)C(=O)O. The molecule has 0 aliphatic carbocycles. The van der Waals surface area contributed by atoms with Gasteiger partial charge in [0.1, 0.15) is 6.04 Å². The van der Waals surface area contributed by atoms with Crippen LogP contribution in [-0.4, -0.2) is 23.0 Å². The smallest absolute Gasteiger partial charge is 0.326 e. The van der Waals surface area contributed by atoms with E-state index in [1.54, 1.807) is 32.0 Å². The van der Waals surface area contributed by atoms with E-state index in [-0.39, 0.29) is 18.2 Å². The fourth-order valence-corrected chi connectivity index (χ4v) is 1.93. The number of nitrogens with one attached hydrogen (secondary N) is 1. The molecule has 0 aliphatic rings. The van der Waals surface area contributed by atoms with Crippen molar-refractivity contribution >= 4 is 35.1 Å². The minimum absolute atomic E-state index is 0.115. The summed E-state index contributed by atoms with van der Waals surface area (Å²) in [5.74, 6) is -1.68. The molecule has 0 aromatic heterocycles. The van der Waals surface area contributed by atoms with Gasteiger partial charge < -0.3 is 10.4 Å². The molecule has 6 heteroatoms. The Balaban J connectivity index is 2.84. The van der Waals surface area contributed by atoms with Crippen molar-refractivity contribution in [3.63, 3.8) is 0 Å². The van der Waals surface area contributed by atoms with Crippen molar-refractivity contribution in [1.29, 1.82) is 0 Å². The molecular weight excluding hydrogens is 289 g/mol. The molecule has 1 aromatic carbocycles. The number of rotatable bonds is 5. The zero-order valence-corrected chi connectivity index (χ0v) is 12.1. The Morgan fingerprint density at radius 3 is 2.42 bits per heavy atom. The minimum atomic E-state index is -1.10. The lowest BCUT2D eigenvalue weighted by molar-refractivity contribution is -0.142. The largest absolute Gasteiger partial charge is 0.480 e. The maximum absolute atomic E-state index is 11.6. The molecule has 0 saturated heterocycles. The Bertz CT molecular complexity index is 489. The molecule has 0 bridgehead atoms. The molecule has 0 unspecified atom stereocenters. The normalized spacial score (nSPS) is 12.3. The highest BCUT2D eigenvalue weighted by Crippen LogP contribution is 2.22. The number of aliphatic carboxylic acids is 1. The molecule has 0 saturated carbocycles. The zero-order chi connectivity index (χ0) is 14.6. The van der Waals surface area contributed by atoms with Gasteiger partial charge in [-0.05, 0) is 17.7 Å². The van der Waals surface area contributed by atoms with E-state index >= 15 is 0 Å². The monoisotopic (exact) mass is 303 g/mol. The van der Waals surface area contributed by atoms with E-state index in [4.69, 9.17) is 28.3 Å². The number of hydrogen-bond donors (Lipinski definition) is 2. The van der Waals surface area contributed by atoms with Crippen LogP contribution in [0.3, 0.4) is 0 Å². The summed E-state index contributed by atoms with van der Waals surface area (Å²) in [5, 5.41) is 12.5. The summed E-state index contributed by atoms with van der Waals surface area (Å²) < 4.78 is 0. The maximum atomic E-state index is 11.6. The number of carbonyl (C=O) groups is 2. The second kappa shape index (κ2) is 6.78. The van der Waals surface area contributed by atoms with Crippen LogP contribution in [0.4, 0.5) is 0 Å². The second-order valence-corrected chi connectivity index (χ2v) is 5.34. The van der Waals surface area contributed by atoms with Crippen LogP contribution in [-0.2, 0) is 16.0 Å². The number of hydrogen-bond acceptors (Lipinski definition) is 2. The van der Waals surface area contributed by atoms with Gasteiger partial charge in [0.05, 0.1) is 0 Å². The molecule has 4 nitrogen and oxygen atoms in total. The van der Waals surface area contributed by atoms with E-state index in [1.165, 1.54) is 0 Å². The zero-order valence-electron chi connectivity index (χ0n) is 10.6. The van der Waals surface area contributed by atoms with E-state index in [0.717, 1.165) is 0 Å². The number of carboxylic acids is 1. The van der Waals surface area contributed by atoms with Gasteiger partial charge in [0.2, 0.25) is 5.91 Å². The summed E-state index contributed by atoms with van der Waals surface area (Å²) >= 11 is 11.8. The van der Waals surface area contributed by atoms with Gasteiger partial charge in [-0.25, -0.2) is 4.79 Å². The first-order valence-electron chi connectivity index (χ1n) is 5.78. The van der Waals surface area contributed by atoms with Gasteiger partial charge in [-0.3, -0.25) is 4.79 Å². The second-order valence-electron chi connectivity index (χ2n) is 4.49. The maximum Gasteiger partial charge on any atom is 0.326 e. The summed E-state index contributed by atoms with van der Waals surface area (Å²) in [5.41, 5.74) is 0.627. The summed E-state index contributed by atoms with van der Waals surface area (Å²) in [6.45, 7) is 3.40. The molecular formula is C13H15Cl2NO3. The van der Waals surface area contributed by atoms with Gasteiger partial charge in [-0.1, -0.05) is 43.1 Å². The third-order valence-electron chi connectivity index (χ3n) is 2.58. The number of benzene rings is 1. The number of amides is 1. The molecule has 2 N–H and O–H groups in total. The minimum Gasteiger partial charge on any atom is -0.480 e. The third kappa shape index (κ3) is 4.73. The third-order valence-corrected chi connectivity index (χ3v) is 3.17. The van der Waals surface area contributed by atoms with Gasteiger partial charge in [0.15, 0.2) is 0 Å². The van der Waals surface area contributed by atoms with Gasteiger partial charge in [-0.15, -0.1) is 0 Å². The molecule has 19 heavy (non-hydrogen) atoms. The number of carbonyl (C=O) groups excluding carboxylic acids is 1. The standard InChI is InChI=1S/C13H15Cl2NO3/c1-7(2)12(17)16-11(13(18)19)5-8-3-4-9(14)6-10(8)15/h3-4,6-7,11H,5H2,1-2H3,(H,16,17)(H,18,19)/t11-/m0/s1. The fourth-order valence-electron chi connectivity index (χ4n) is 1.45. The van der Waals surface area contributed by atoms with E-state index in [2.05, 4.69) is 5.32 Å². The van der Waals surface area contributed by atoms with Gasteiger partial charge in [0.25, 0.3) is 0 Å². The summed E-state index contributed by atoms with van der Waals surface area (Å²) in [6, 6.07) is 3.82. The van der Waals surface area contributed by atoms with Gasteiger partial charge in [0, 0.05) is 22.4 Å². The van der Waals surface area contributed by atoms with E-state index in [0.29, 0.717) is 15.6 Å². The lowest BCUT2D eigenvalue weighted by Gasteiger charge is -2.16. The van der Waals surface area contributed by atoms with Crippen LogP contribution >= 0.6 is 23.2 Å². The van der Waals surface area contributed by atoms with Crippen LogP contribution in [0, 0.1) is 5.92 Å². The lowest BCUT2D eigenvalue weighted by Crippen LogP contribution is -2.44. The van der Waals surface area contributed by atoms with Crippen molar-refractivity contribution in [3.8, 4) is 0 Å². The number of halogens is 2. The Kier molecular flexibility index (Phi) is 5.63. The van der Waals surface area contributed by atoms with Crippen LogP contribution in [0.25, 0.3) is 0 Å². The highest BCUT2D eigenvalue weighted by Gasteiger charge is 2.22. The Morgan fingerprint density at radius 2 is 1.95 bits per heavy atom. The average Bonchev–Trinajstić information content (AvgIpc) is 2.30. The lowest BCUT2D eigenvalue weighted by atomic mass is 10.0. The molecule has 1 aromatic rings. The van der Waals surface area contributed by atoms with Crippen LogP contribution in [0.2, 0.25) is 10.0 Å². The van der Waals surface area contributed by atoms with Crippen molar-refractivity contribution in [3.05, 3.63) is 33.8 Å². The number of carboxylic acid groups (broad SMARTS) is 1. The Hall–Kier alpha value is -1.26. The van der Waals surface area contributed by atoms with E-state index in [9.17, 15) is 9.59 Å². The van der Waals surface area contributed by atoms with E-state index in [1.807, 2.05) is 0 Å². The van der Waals surface area contributed by atoms with Crippen LogP contribution < -0.4 is 5.32 Å². The molecule has 1 atom stereocenters. The van der Waals surface area contributed by atoms with Crippen molar-refractivity contribution in [2.24, 2.45) is 5.92 Å². The van der Waals surface area contributed by atoms with Crippen molar-refractivity contribution in [2.75, 3.05) is 0 Å². The molecule has 1 rings (SSSR count). The Labute approximate surface area is 121 Å². The van der Waals surface area contributed by atoms with Crippen molar-refractivity contribution in [2.45, 2.75) is 26.3 Å². The average molecular weight is 304 g/mol. The van der Waals surface area contributed by atoms with Crippen molar-refractivity contribution < 1.29 is 14.7 Å². The molecule has 0 fully saturated rings. The Morgan fingerprint density at radius 1 is 1.32 bits per heavy atom. The first-order valence-corrected chi connectivity index (χ1v) is 6.54. The van der Waals surface area contributed by atoms with Crippen LogP contribution in [0.5, 0.6) is 0 Å². The van der Waals surface area contributed by atoms with Crippen molar-refractivity contribution in [1.82, 2.24) is 5.32 Å². The first kappa shape index (κ1) is 15.8. The predicted molar refractivity (Wildman–Crippen MR) is 74.6 cm³/mol. The summed E-state index contributed by atoms with van der Waals surface area (Å²) in [6.07, 6.45) is 0.115. The summed E-state index contributed by atoms with van der Waals surface area (Å²) in [4.78, 5) is 22.7. The summed E-state index contributed by atoms with van der Waals surface area (Å²) in [7, 11) is 0. The van der Waals surface area contributed by atoms with Crippen LogP contribution in [0.15, 0.2) is 18.2 Å².